The Hall–Kier alpha value is -2.29. The van der Waals surface area contributed by atoms with E-state index in [2.05, 4.69) is 29.8 Å². The SMILES string of the molecule is Cc1cc(N2CCC(C)(C)CC2)c(C2=CCC(OCCC(C)O)(C(OC(C)(C)C)C(=O)OC(C)C)C=N2)cn1. The lowest BCUT2D eigenvalue weighted by molar-refractivity contribution is -0.195. The first-order chi connectivity index (χ1) is 18.1. The van der Waals surface area contributed by atoms with Crippen molar-refractivity contribution in [3.05, 3.63) is 29.6 Å². The van der Waals surface area contributed by atoms with Gasteiger partial charge in [0, 0.05) is 48.9 Å². The Balaban J connectivity index is 1.97. The zero-order valence-corrected chi connectivity index (χ0v) is 25.4. The summed E-state index contributed by atoms with van der Waals surface area (Å²) in [4.78, 5) is 25.2. The van der Waals surface area contributed by atoms with Crippen LogP contribution < -0.4 is 4.90 Å². The lowest BCUT2D eigenvalue weighted by atomic mass is 9.82. The van der Waals surface area contributed by atoms with Crippen molar-refractivity contribution in [2.75, 3.05) is 24.6 Å². The van der Waals surface area contributed by atoms with Crippen LogP contribution in [0.4, 0.5) is 5.69 Å². The molecule has 1 aromatic heterocycles. The number of ether oxygens (including phenoxy) is 3. The number of pyridine rings is 1. The number of carbonyl (C=O) groups excluding carboxylic acids is 1. The summed E-state index contributed by atoms with van der Waals surface area (Å²) in [7, 11) is 0. The number of aliphatic hydroxyl groups excluding tert-OH is 1. The van der Waals surface area contributed by atoms with Gasteiger partial charge in [-0.15, -0.1) is 0 Å². The summed E-state index contributed by atoms with van der Waals surface area (Å²) in [5, 5.41) is 9.86. The van der Waals surface area contributed by atoms with Crippen molar-refractivity contribution >= 4 is 23.6 Å². The first kappa shape index (κ1) is 31.2. The summed E-state index contributed by atoms with van der Waals surface area (Å²) in [6, 6.07) is 2.14. The highest BCUT2D eigenvalue weighted by atomic mass is 16.6. The zero-order chi connectivity index (χ0) is 29.0. The van der Waals surface area contributed by atoms with Crippen LogP contribution in [0.25, 0.3) is 5.70 Å². The van der Waals surface area contributed by atoms with Gasteiger partial charge in [0.05, 0.1) is 30.1 Å². The Labute approximate surface area is 234 Å². The molecular weight excluding hydrogens is 494 g/mol. The number of aliphatic hydroxyl groups is 1. The van der Waals surface area contributed by atoms with Crippen LogP contribution in [-0.2, 0) is 19.0 Å². The monoisotopic (exact) mass is 543 g/mol. The molecule has 8 nitrogen and oxygen atoms in total. The van der Waals surface area contributed by atoms with Crippen molar-refractivity contribution in [3.8, 4) is 0 Å². The summed E-state index contributed by atoms with van der Waals surface area (Å²) >= 11 is 0. The number of aromatic nitrogens is 1. The number of hydrogen-bond acceptors (Lipinski definition) is 8. The van der Waals surface area contributed by atoms with E-state index in [4.69, 9.17) is 19.2 Å². The molecule has 0 radical (unpaired) electrons. The molecule has 1 N–H and O–H groups in total. The molecule has 1 aromatic rings. The van der Waals surface area contributed by atoms with Crippen LogP contribution in [0.1, 0.15) is 92.3 Å². The molecule has 3 unspecified atom stereocenters. The first-order valence-electron chi connectivity index (χ1n) is 14.3. The van der Waals surface area contributed by atoms with Gasteiger partial charge in [-0.05, 0) is 79.2 Å². The van der Waals surface area contributed by atoms with Gasteiger partial charge in [-0.2, -0.15) is 0 Å². The molecule has 2 aliphatic rings. The van der Waals surface area contributed by atoms with Crippen molar-refractivity contribution in [1.29, 1.82) is 0 Å². The minimum atomic E-state index is -1.18. The number of carbonyl (C=O) groups is 1. The third kappa shape index (κ3) is 8.60. The lowest BCUT2D eigenvalue weighted by Crippen LogP contribution is -2.56. The molecule has 218 valence electrons. The number of nitrogens with zero attached hydrogens (tertiary/aromatic N) is 3. The van der Waals surface area contributed by atoms with Gasteiger partial charge in [0.25, 0.3) is 0 Å². The van der Waals surface area contributed by atoms with Crippen molar-refractivity contribution in [2.24, 2.45) is 10.4 Å². The average Bonchev–Trinajstić information content (AvgIpc) is 2.82. The Morgan fingerprint density at radius 3 is 2.38 bits per heavy atom. The van der Waals surface area contributed by atoms with Crippen LogP contribution in [0, 0.1) is 12.3 Å². The fraction of sp³-hybridized carbons (Fsp3) is 0.710. The first-order valence-corrected chi connectivity index (χ1v) is 14.3. The fourth-order valence-corrected chi connectivity index (χ4v) is 4.84. The molecule has 0 spiro atoms. The molecule has 0 aliphatic carbocycles. The van der Waals surface area contributed by atoms with E-state index in [9.17, 15) is 9.90 Å². The number of anilines is 1. The van der Waals surface area contributed by atoms with E-state index in [0.717, 1.165) is 48.6 Å². The maximum Gasteiger partial charge on any atom is 0.339 e. The zero-order valence-electron chi connectivity index (χ0n) is 25.4. The molecule has 2 aliphatic heterocycles. The van der Waals surface area contributed by atoms with Gasteiger partial charge < -0.3 is 24.2 Å². The van der Waals surface area contributed by atoms with Crippen LogP contribution in [0.2, 0.25) is 0 Å². The molecule has 39 heavy (non-hydrogen) atoms. The van der Waals surface area contributed by atoms with Crippen molar-refractivity contribution < 1.29 is 24.1 Å². The van der Waals surface area contributed by atoms with Crippen molar-refractivity contribution in [1.82, 2.24) is 4.98 Å². The molecule has 3 atom stereocenters. The van der Waals surface area contributed by atoms with Crippen LogP contribution in [0.15, 0.2) is 23.3 Å². The average molecular weight is 544 g/mol. The molecule has 1 fully saturated rings. The number of rotatable bonds is 10. The third-order valence-electron chi connectivity index (χ3n) is 7.18. The highest BCUT2D eigenvalue weighted by Crippen LogP contribution is 2.38. The van der Waals surface area contributed by atoms with E-state index in [0.29, 0.717) is 18.3 Å². The summed E-state index contributed by atoms with van der Waals surface area (Å²) in [5.41, 5.74) is 2.39. The normalized spacial score (nSPS) is 22.9. The van der Waals surface area contributed by atoms with Crippen molar-refractivity contribution in [3.63, 3.8) is 0 Å². The second-order valence-electron chi connectivity index (χ2n) is 13.1. The van der Waals surface area contributed by atoms with Gasteiger partial charge in [0.2, 0.25) is 0 Å². The molecule has 3 rings (SSSR count). The van der Waals surface area contributed by atoms with E-state index < -0.39 is 29.4 Å². The molecular formula is C31H49N3O5. The van der Waals surface area contributed by atoms with Gasteiger partial charge in [-0.3, -0.25) is 9.98 Å². The highest BCUT2D eigenvalue weighted by Gasteiger charge is 2.48. The minimum absolute atomic E-state index is 0.243. The van der Waals surface area contributed by atoms with Gasteiger partial charge in [-0.25, -0.2) is 4.79 Å². The van der Waals surface area contributed by atoms with Crippen LogP contribution in [-0.4, -0.2) is 71.5 Å². The molecule has 0 aromatic carbocycles. The standard InChI is InChI=1S/C31H49N3O5/c1-21(2)38-28(36)27(39-29(5,6)7)31(37-17-11-23(4)35)12-10-25(33-20-31)24-19-32-22(3)18-26(24)34-15-13-30(8,9)14-16-34/h10,18-21,23,27,35H,11-17H2,1-9H3. The fourth-order valence-electron chi connectivity index (χ4n) is 4.84. The quantitative estimate of drug-likeness (QED) is 0.390. The molecule has 1 saturated heterocycles. The maximum atomic E-state index is 13.4. The van der Waals surface area contributed by atoms with Gasteiger partial charge >= 0.3 is 5.97 Å². The molecule has 0 amide bonds. The number of aryl methyl sites for hydroxylation is 1. The number of aliphatic imine (C=N–C) groups is 1. The van der Waals surface area contributed by atoms with E-state index in [-0.39, 0.29) is 12.7 Å². The minimum Gasteiger partial charge on any atom is -0.461 e. The molecule has 3 heterocycles. The summed E-state index contributed by atoms with van der Waals surface area (Å²) in [6.45, 7) is 19.9. The third-order valence-corrected chi connectivity index (χ3v) is 7.18. The second-order valence-corrected chi connectivity index (χ2v) is 13.1. The number of esters is 1. The second kappa shape index (κ2) is 12.5. The summed E-state index contributed by atoms with van der Waals surface area (Å²) in [5.74, 6) is -0.492. The lowest BCUT2D eigenvalue weighted by Gasteiger charge is -2.41. The van der Waals surface area contributed by atoms with E-state index in [1.54, 1.807) is 13.1 Å². The summed E-state index contributed by atoms with van der Waals surface area (Å²) < 4.78 is 18.3. The summed E-state index contributed by atoms with van der Waals surface area (Å²) in [6.07, 6.45) is 6.76. The predicted octanol–water partition coefficient (Wildman–Crippen LogP) is 5.49. The number of hydrogen-bond donors (Lipinski definition) is 1. The Morgan fingerprint density at radius 2 is 1.85 bits per heavy atom. The predicted molar refractivity (Wildman–Crippen MR) is 156 cm³/mol. The molecule has 0 saturated carbocycles. The topological polar surface area (TPSA) is 93.5 Å². The largest absolute Gasteiger partial charge is 0.461 e. The van der Waals surface area contributed by atoms with Gasteiger partial charge in [0.1, 0.15) is 5.60 Å². The smallest absolute Gasteiger partial charge is 0.339 e. The molecule has 0 bridgehead atoms. The van der Waals surface area contributed by atoms with E-state index in [1.807, 2.05) is 53.8 Å². The molecule has 8 heteroatoms. The Morgan fingerprint density at radius 1 is 1.18 bits per heavy atom. The van der Waals surface area contributed by atoms with Crippen LogP contribution in [0.3, 0.4) is 0 Å². The van der Waals surface area contributed by atoms with Crippen molar-refractivity contribution in [2.45, 2.75) is 118 Å². The van der Waals surface area contributed by atoms with Gasteiger partial charge in [0.15, 0.2) is 6.10 Å². The Kier molecular flexibility index (Phi) is 10.00. The van der Waals surface area contributed by atoms with Crippen LogP contribution in [0.5, 0.6) is 0 Å². The number of piperidine rings is 1. The Bertz CT molecular complexity index is 1050. The maximum absolute atomic E-state index is 13.4. The van der Waals surface area contributed by atoms with E-state index in [1.165, 1.54) is 0 Å². The van der Waals surface area contributed by atoms with Gasteiger partial charge in [-0.1, -0.05) is 19.9 Å². The van der Waals surface area contributed by atoms with Crippen LogP contribution >= 0.6 is 0 Å². The highest BCUT2D eigenvalue weighted by molar-refractivity contribution is 5.91. The van der Waals surface area contributed by atoms with E-state index >= 15 is 0 Å².